The van der Waals surface area contributed by atoms with Crippen molar-refractivity contribution >= 4 is 11.6 Å². The molecule has 2 aromatic rings. The Kier molecular flexibility index (Phi) is 3.16. The molecule has 0 saturated carbocycles. The molecule has 0 saturated heterocycles. The van der Waals surface area contributed by atoms with Crippen LogP contribution in [0.1, 0.15) is 25.5 Å². The highest BCUT2D eigenvalue weighted by atomic mass is 35.5. The monoisotopic (exact) mass is 245 g/mol. The van der Waals surface area contributed by atoms with Crippen LogP contribution in [0.3, 0.4) is 0 Å². The zero-order valence-corrected chi connectivity index (χ0v) is 10.4. The molecule has 0 aliphatic rings. The van der Waals surface area contributed by atoms with Crippen LogP contribution in [-0.2, 0) is 0 Å². The van der Waals surface area contributed by atoms with Gasteiger partial charge in [-0.25, -0.2) is 0 Å². The average molecular weight is 246 g/mol. The van der Waals surface area contributed by atoms with Crippen molar-refractivity contribution in [2.75, 3.05) is 0 Å². The molecule has 2 rings (SSSR count). The van der Waals surface area contributed by atoms with Crippen LogP contribution in [0.4, 0.5) is 0 Å². The third-order valence-corrected chi connectivity index (χ3v) is 2.77. The summed E-state index contributed by atoms with van der Waals surface area (Å²) in [6.07, 6.45) is 1.74. The Labute approximate surface area is 105 Å². The fraction of sp³-hybridized carbons (Fsp3) is 0.231. The van der Waals surface area contributed by atoms with Crippen molar-refractivity contribution in [1.82, 2.24) is 9.78 Å². The lowest BCUT2D eigenvalue weighted by molar-refractivity contribution is 0.538. The van der Waals surface area contributed by atoms with Crippen LogP contribution >= 0.6 is 11.6 Å². The van der Waals surface area contributed by atoms with Gasteiger partial charge >= 0.3 is 0 Å². The molecule has 1 aromatic heterocycles. The van der Waals surface area contributed by atoms with Gasteiger partial charge in [-0.3, -0.25) is 4.68 Å². The number of nitriles is 1. The van der Waals surface area contributed by atoms with Gasteiger partial charge in [0.1, 0.15) is 0 Å². The van der Waals surface area contributed by atoms with Gasteiger partial charge in [-0.2, -0.15) is 10.4 Å². The Balaban J connectivity index is 2.61. The maximum Gasteiger partial charge on any atom is 0.0999 e. The molecule has 0 fully saturated rings. The van der Waals surface area contributed by atoms with Crippen molar-refractivity contribution in [2.24, 2.45) is 0 Å². The molecule has 1 heterocycles. The van der Waals surface area contributed by atoms with Crippen LogP contribution in [0.25, 0.3) is 11.3 Å². The van der Waals surface area contributed by atoms with Gasteiger partial charge in [-0.1, -0.05) is 17.7 Å². The number of halogens is 1. The molecule has 0 bridgehead atoms. The first-order valence-electron chi connectivity index (χ1n) is 5.37. The molecule has 0 amide bonds. The van der Waals surface area contributed by atoms with E-state index in [1.165, 1.54) is 0 Å². The minimum Gasteiger partial charge on any atom is -0.262 e. The lowest BCUT2D eigenvalue weighted by Crippen LogP contribution is -2.05. The van der Waals surface area contributed by atoms with E-state index in [9.17, 15) is 0 Å². The van der Waals surface area contributed by atoms with Crippen LogP contribution in [0.2, 0.25) is 5.02 Å². The summed E-state index contributed by atoms with van der Waals surface area (Å²) in [5, 5.41) is 14.0. The van der Waals surface area contributed by atoms with Gasteiger partial charge in [0.2, 0.25) is 0 Å². The van der Waals surface area contributed by atoms with E-state index in [0.717, 1.165) is 11.3 Å². The van der Waals surface area contributed by atoms with Crippen LogP contribution < -0.4 is 0 Å². The molecule has 1 aromatic carbocycles. The minimum atomic E-state index is 0.252. The topological polar surface area (TPSA) is 41.6 Å². The molecule has 0 N–H and O–H groups in total. The maximum absolute atomic E-state index is 9.13. The highest BCUT2D eigenvalue weighted by molar-refractivity contribution is 6.30. The second-order valence-corrected chi connectivity index (χ2v) is 4.49. The van der Waals surface area contributed by atoms with Gasteiger partial charge in [0.15, 0.2) is 0 Å². The number of benzene rings is 1. The summed E-state index contributed by atoms with van der Waals surface area (Å²) in [5.41, 5.74) is 2.37. The number of aromatic nitrogens is 2. The van der Waals surface area contributed by atoms with Crippen molar-refractivity contribution in [3.05, 3.63) is 41.0 Å². The van der Waals surface area contributed by atoms with Crippen molar-refractivity contribution in [3.8, 4) is 17.3 Å². The Morgan fingerprint density at radius 2 is 2.12 bits per heavy atom. The summed E-state index contributed by atoms with van der Waals surface area (Å²) in [6, 6.07) is 9.64. The van der Waals surface area contributed by atoms with Crippen LogP contribution in [0, 0.1) is 11.3 Å². The first-order chi connectivity index (χ1) is 8.13. The molecule has 0 unspecified atom stereocenters. The highest BCUT2D eigenvalue weighted by Crippen LogP contribution is 2.27. The van der Waals surface area contributed by atoms with Gasteiger partial charge in [-0.05, 0) is 32.0 Å². The summed E-state index contributed by atoms with van der Waals surface area (Å²) < 4.78 is 1.89. The van der Waals surface area contributed by atoms with E-state index in [4.69, 9.17) is 16.9 Å². The fourth-order valence-electron chi connectivity index (χ4n) is 1.77. The van der Waals surface area contributed by atoms with E-state index in [0.29, 0.717) is 10.6 Å². The summed E-state index contributed by atoms with van der Waals surface area (Å²) >= 11 is 5.89. The van der Waals surface area contributed by atoms with E-state index < -0.39 is 0 Å². The number of nitrogens with zero attached hydrogens (tertiary/aromatic N) is 3. The number of rotatable bonds is 2. The van der Waals surface area contributed by atoms with E-state index >= 15 is 0 Å². The van der Waals surface area contributed by atoms with Gasteiger partial charge in [0, 0.05) is 22.8 Å². The van der Waals surface area contributed by atoms with Crippen LogP contribution in [0.5, 0.6) is 0 Å². The van der Waals surface area contributed by atoms with E-state index in [2.05, 4.69) is 25.0 Å². The smallest absolute Gasteiger partial charge is 0.0999 e. The third-order valence-electron chi connectivity index (χ3n) is 2.54. The second-order valence-electron chi connectivity index (χ2n) is 4.06. The molecule has 86 valence electrons. The Hall–Kier alpha value is -1.79. The minimum absolute atomic E-state index is 0.252. The lowest BCUT2D eigenvalue weighted by atomic mass is 10.1. The van der Waals surface area contributed by atoms with Crippen molar-refractivity contribution in [3.63, 3.8) is 0 Å². The normalized spacial score (nSPS) is 10.5. The lowest BCUT2D eigenvalue weighted by Gasteiger charge is -2.12. The maximum atomic E-state index is 9.13. The molecule has 0 spiro atoms. The number of hydrogen-bond acceptors (Lipinski definition) is 2. The molecular weight excluding hydrogens is 234 g/mol. The van der Waals surface area contributed by atoms with Crippen molar-refractivity contribution < 1.29 is 0 Å². The SMILES string of the molecule is CC(C)n1nccc1-c1ccc(Cl)cc1C#N. The first kappa shape index (κ1) is 11.7. The largest absolute Gasteiger partial charge is 0.262 e. The molecule has 17 heavy (non-hydrogen) atoms. The molecule has 0 radical (unpaired) electrons. The molecule has 4 heteroatoms. The predicted octanol–water partition coefficient (Wildman–Crippen LogP) is 3.66. The van der Waals surface area contributed by atoms with Gasteiger partial charge in [-0.15, -0.1) is 0 Å². The summed E-state index contributed by atoms with van der Waals surface area (Å²) in [5.74, 6) is 0. The van der Waals surface area contributed by atoms with E-state index in [1.54, 1.807) is 18.3 Å². The third kappa shape index (κ3) is 2.17. The predicted molar refractivity (Wildman–Crippen MR) is 67.8 cm³/mol. The molecule has 0 atom stereocenters. The van der Waals surface area contributed by atoms with E-state index in [-0.39, 0.29) is 6.04 Å². The summed E-state index contributed by atoms with van der Waals surface area (Å²) in [4.78, 5) is 0. The Morgan fingerprint density at radius 1 is 1.35 bits per heavy atom. The quantitative estimate of drug-likeness (QED) is 0.810. The molecular formula is C13H12ClN3. The molecule has 3 nitrogen and oxygen atoms in total. The second kappa shape index (κ2) is 4.60. The van der Waals surface area contributed by atoms with Crippen molar-refractivity contribution in [2.45, 2.75) is 19.9 Å². The highest BCUT2D eigenvalue weighted by Gasteiger charge is 2.12. The van der Waals surface area contributed by atoms with Gasteiger partial charge in [0.05, 0.1) is 17.3 Å². The summed E-state index contributed by atoms with van der Waals surface area (Å²) in [6.45, 7) is 4.11. The zero-order valence-electron chi connectivity index (χ0n) is 9.68. The summed E-state index contributed by atoms with van der Waals surface area (Å²) in [7, 11) is 0. The average Bonchev–Trinajstić information content (AvgIpc) is 2.77. The Morgan fingerprint density at radius 3 is 2.76 bits per heavy atom. The standard InChI is InChI=1S/C13H12ClN3/c1-9(2)17-13(5-6-16-17)12-4-3-11(14)7-10(12)8-15/h3-7,9H,1-2H3. The van der Waals surface area contributed by atoms with Crippen LogP contribution in [-0.4, -0.2) is 9.78 Å². The van der Waals surface area contributed by atoms with Gasteiger partial charge < -0.3 is 0 Å². The fourth-order valence-corrected chi connectivity index (χ4v) is 1.94. The zero-order chi connectivity index (χ0) is 12.4. The molecule has 0 aliphatic carbocycles. The van der Waals surface area contributed by atoms with Crippen molar-refractivity contribution in [1.29, 1.82) is 5.26 Å². The van der Waals surface area contributed by atoms with E-state index in [1.807, 2.05) is 16.8 Å². The number of hydrogen-bond donors (Lipinski definition) is 0. The first-order valence-corrected chi connectivity index (χ1v) is 5.75. The molecule has 0 aliphatic heterocycles. The van der Waals surface area contributed by atoms with Gasteiger partial charge in [0.25, 0.3) is 0 Å². The Bertz CT molecular complexity index is 579. The van der Waals surface area contributed by atoms with Crippen LogP contribution in [0.15, 0.2) is 30.5 Å².